The van der Waals surface area contributed by atoms with E-state index >= 15 is 0 Å². The van der Waals surface area contributed by atoms with E-state index in [4.69, 9.17) is 10.5 Å². The van der Waals surface area contributed by atoms with Crippen LogP contribution in [-0.2, 0) is 0 Å². The van der Waals surface area contributed by atoms with E-state index in [0.29, 0.717) is 19.4 Å². The summed E-state index contributed by atoms with van der Waals surface area (Å²) in [5, 5.41) is 27.9. The lowest BCUT2D eigenvalue weighted by molar-refractivity contribution is 0.0125. The van der Waals surface area contributed by atoms with Crippen LogP contribution in [0.4, 0.5) is 0 Å². The molecule has 0 aromatic rings. The molecule has 118 valence electrons. The van der Waals surface area contributed by atoms with Crippen molar-refractivity contribution >= 4 is 0 Å². The van der Waals surface area contributed by atoms with Crippen LogP contribution < -0.4 is 0 Å². The van der Waals surface area contributed by atoms with E-state index in [0.717, 1.165) is 32.7 Å². The predicted molar refractivity (Wildman–Crippen MR) is 82.3 cm³/mol. The highest BCUT2D eigenvalue weighted by Gasteiger charge is 2.26. The van der Waals surface area contributed by atoms with Gasteiger partial charge in [0, 0.05) is 45.7 Å². The molecule has 0 aliphatic carbocycles. The van der Waals surface area contributed by atoms with Gasteiger partial charge in [0.1, 0.15) is 0 Å². The second-order valence-electron chi connectivity index (χ2n) is 7.01. The maximum absolute atomic E-state index is 10.2. The quantitative estimate of drug-likeness (QED) is 0.802. The average Bonchev–Trinajstić information content (AvgIpc) is 2.44. The van der Waals surface area contributed by atoms with Crippen LogP contribution in [-0.4, -0.2) is 60.3 Å². The SMILES string of the molecule is CC(C)(C)[C@@H](O)CN1CCN(C[C@H](C#N)CCC#N)CC1. The molecule has 0 unspecified atom stereocenters. The van der Waals surface area contributed by atoms with Crippen molar-refractivity contribution < 1.29 is 5.11 Å². The highest BCUT2D eigenvalue weighted by atomic mass is 16.3. The second kappa shape index (κ2) is 8.34. The molecule has 1 fully saturated rings. The lowest BCUT2D eigenvalue weighted by atomic mass is 9.89. The summed E-state index contributed by atoms with van der Waals surface area (Å²) >= 11 is 0. The van der Waals surface area contributed by atoms with Crippen LogP contribution in [0, 0.1) is 34.0 Å². The Bertz CT molecular complexity index is 383. The molecule has 21 heavy (non-hydrogen) atoms. The van der Waals surface area contributed by atoms with Crippen molar-refractivity contribution in [1.29, 1.82) is 10.5 Å². The van der Waals surface area contributed by atoms with Crippen molar-refractivity contribution in [3.8, 4) is 12.1 Å². The van der Waals surface area contributed by atoms with E-state index in [9.17, 15) is 5.11 Å². The lowest BCUT2D eigenvalue weighted by Crippen LogP contribution is -2.51. The Balaban J connectivity index is 2.32. The molecule has 5 nitrogen and oxygen atoms in total. The molecule has 1 rings (SSSR count). The Morgan fingerprint density at radius 3 is 2.00 bits per heavy atom. The van der Waals surface area contributed by atoms with Gasteiger partial charge in [0.05, 0.1) is 24.2 Å². The molecule has 0 amide bonds. The van der Waals surface area contributed by atoms with Crippen molar-refractivity contribution in [2.75, 3.05) is 39.3 Å². The highest BCUT2D eigenvalue weighted by molar-refractivity contribution is 4.89. The van der Waals surface area contributed by atoms with Gasteiger partial charge in [-0.3, -0.25) is 9.80 Å². The molecule has 0 radical (unpaired) electrons. The molecule has 0 bridgehead atoms. The molecular formula is C16H28N4O. The number of aliphatic hydroxyl groups is 1. The average molecular weight is 292 g/mol. The minimum absolute atomic E-state index is 0.0450. The Hall–Kier alpha value is -1.14. The van der Waals surface area contributed by atoms with E-state index in [2.05, 4.69) is 42.7 Å². The summed E-state index contributed by atoms with van der Waals surface area (Å²) in [7, 11) is 0. The van der Waals surface area contributed by atoms with Crippen LogP contribution >= 0.6 is 0 Å². The molecule has 5 heteroatoms. The van der Waals surface area contributed by atoms with Crippen molar-refractivity contribution in [2.24, 2.45) is 11.3 Å². The number of hydrogen-bond acceptors (Lipinski definition) is 5. The minimum Gasteiger partial charge on any atom is -0.391 e. The highest BCUT2D eigenvalue weighted by Crippen LogP contribution is 2.20. The number of rotatable bonds is 6. The zero-order valence-corrected chi connectivity index (χ0v) is 13.5. The fourth-order valence-corrected chi connectivity index (χ4v) is 2.42. The maximum atomic E-state index is 10.2. The summed E-state index contributed by atoms with van der Waals surface area (Å²) in [5.41, 5.74) is -0.0830. The van der Waals surface area contributed by atoms with Gasteiger partial charge in [-0.2, -0.15) is 10.5 Å². The third-order valence-electron chi connectivity index (χ3n) is 4.16. The van der Waals surface area contributed by atoms with E-state index in [1.807, 2.05) is 0 Å². The number of aliphatic hydroxyl groups excluding tert-OH is 1. The third kappa shape index (κ3) is 6.44. The summed E-state index contributed by atoms with van der Waals surface area (Å²) in [6.45, 7) is 11.4. The van der Waals surface area contributed by atoms with E-state index in [-0.39, 0.29) is 17.4 Å². The molecule has 1 aliphatic rings. The summed E-state index contributed by atoms with van der Waals surface area (Å²) < 4.78 is 0. The molecule has 0 aromatic heterocycles. The lowest BCUT2D eigenvalue weighted by Gasteiger charge is -2.38. The van der Waals surface area contributed by atoms with Gasteiger partial charge in [0.2, 0.25) is 0 Å². The first-order valence-electron chi connectivity index (χ1n) is 7.76. The third-order valence-corrected chi connectivity index (χ3v) is 4.16. The van der Waals surface area contributed by atoms with E-state index < -0.39 is 0 Å². The standard InChI is InChI=1S/C16H28N4O/c1-16(2,3)15(21)13-20-9-7-19(8-10-20)12-14(11-18)5-4-6-17/h14-15,21H,4-5,7-10,12-13H2,1-3H3/t14-,15-/m0/s1. The Morgan fingerprint density at radius 1 is 1.05 bits per heavy atom. The zero-order valence-electron chi connectivity index (χ0n) is 13.5. The fraction of sp³-hybridized carbons (Fsp3) is 0.875. The summed E-state index contributed by atoms with van der Waals surface area (Å²) in [5.74, 6) is -0.0450. The van der Waals surface area contributed by atoms with Crippen molar-refractivity contribution in [3.63, 3.8) is 0 Å². The molecule has 0 saturated carbocycles. The molecule has 0 aromatic carbocycles. The van der Waals surface area contributed by atoms with Gasteiger partial charge >= 0.3 is 0 Å². The predicted octanol–water partition coefficient (Wildman–Crippen LogP) is 1.45. The monoisotopic (exact) mass is 292 g/mol. The molecule has 1 saturated heterocycles. The van der Waals surface area contributed by atoms with Crippen LogP contribution in [0.1, 0.15) is 33.6 Å². The molecule has 1 aliphatic heterocycles. The summed E-state index contributed by atoms with van der Waals surface area (Å²) in [6, 6.07) is 4.41. The van der Waals surface area contributed by atoms with Crippen LogP contribution in [0.5, 0.6) is 0 Å². The number of hydrogen-bond donors (Lipinski definition) is 1. The number of piperazine rings is 1. The topological polar surface area (TPSA) is 74.3 Å². The fourth-order valence-electron chi connectivity index (χ4n) is 2.42. The summed E-state index contributed by atoms with van der Waals surface area (Å²) in [4.78, 5) is 4.59. The van der Waals surface area contributed by atoms with Crippen molar-refractivity contribution in [2.45, 2.75) is 39.7 Å². The van der Waals surface area contributed by atoms with Gasteiger partial charge in [-0.15, -0.1) is 0 Å². The first-order chi connectivity index (χ1) is 9.86. The van der Waals surface area contributed by atoms with Gasteiger partial charge in [-0.05, 0) is 11.8 Å². The van der Waals surface area contributed by atoms with Crippen molar-refractivity contribution in [3.05, 3.63) is 0 Å². The number of β-amino-alcohol motifs (C(OH)–C–C–N with tert-alkyl or cyclic N) is 1. The van der Waals surface area contributed by atoms with Crippen molar-refractivity contribution in [1.82, 2.24) is 9.80 Å². The zero-order chi connectivity index (χ0) is 15.9. The van der Waals surface area contributed by atoms with Gasteiger partial charge in [0.25, 0.3) is 0 Å². The maximum Gasteiger partial charge on any atom is 0.0715 e. The van der Waals surface area contributed by atoms with Crippen LogP contribution in [0.15, 0.2) is 0 Å². The molecule has 1 N–H and O–H groups in total. The molecule has 2 atom stereocenters. The van der Waals surface area contributed by atoms with Crippen LogP contribution in [0.2, 0.25) is 0 Å². The Morgan fingerprint density at radius 2 is 1.57 bits per heavy atom. The van der Waals surface area contributed by atoms with E-state index in [1.165, 1.54) is 0 Å². The minimum atomic E-state index is -0.313. The van der Waals surface area contributed by atoms with Gasteiger partial charge in [0.15, 0.2) is 0 Å². The van der Waals surface area contributed by atoms with Crippen LogP contribution in [0.25, 0.3) is 0 Å². The summed E-state index contributed by atoms with van der Waals surface area (Å²) in [6.07, 6.45) is 0.804. The second-order valence-corrected chi connectivity index (χ2v) is 7.01. The van der Waals surface area contributed by atoms with E-state index in [1.54, 1.807) is 0 Å². The first kappa shape index (κ1) is 17.9. The van der Waals surface area contributed by atoms with Gasteiger partial charge < -0.3 is 5.11 Å². The smallest absolute Gasteiger partial charge is 0.0715 e. The normalized spacial score (nSPS) is 20.5. The Kier molecular flexibility index (Phi) is 7.11. The largest absolute Gasteiger partial charge is 0.391 e. The van der Waals surface area contributed by atoms with Gasteiger partial charge in [-0.25, -0.2) is 0 Å². The number of nitriles is 2. The number of nitrogens with zero attached hydrogens (tertiary/aromatic N) is 4. The first-order valence-corrected chi connectivity index (χ1v) is 7.76. The Labute approximate surface area is 128 Å². The molecular weight excluding hydrogens is 264 g/mol. The molecule has 1 heterocycles. The van der Waals surface area contributed by atoms with Crippen LogP contribution in [0.3, 0.4) is 0 Å². The molecule has 0 spiro atoms. The van der Waals surface area contributed by atoms with Gasteiger partial charge in [-0.1, -0.05) is 20.8 Å².